The monoisotopic (exact) mass is 260 g/mol. The van der Waals surface area contributed by atoms with Crippen LogP contribution in [0.25, 0.3) is 0 Å². The van der Waals surface area contributed by atoms with Crippen LogP contribution in [-0.4, -0.2) is 13.0 Å². The number of nitrogens with one attached hydrogen (secondary N) is 1. The molecule has 0 atom stereocenters. The molecule has 0 unspecified atom stereocenters. The van der Waals surface area contributed by atoms with Crippen LogP contribution in [0.3, 0.4) is 0 Å². The predicted molar refractivity (Wildman–Crippen MR) is 71.8 cm³/mol. The topological polar surface area (TPSA) is 64.3 Å². The summed E-state index contributed by atoms with van der Waals surface area (Å²) in [4.78, 5) is 12.1. The molecule has 19 heavy (non-hydrogen) atoms. The molecule has 0 saturated carbocycles. The minimum absolute atomic E-state index is 0.231. The number of carbonyl (C=O) groups excluding carboxylic acids is 1. The van der Waals surface area contributed by atoms with E-state index in [1.54, 1.807) is 24.3 Å². The number of hydrogen-bond acceptors (Lipinski definition) is 3. The van der Waals surface area contributed by atoms with E-state index in [9.17, 15) is 9.18 Å². The van der Waals surface area contributed by atoms with Crippen molar-refractivity contribution in [2.24, 2.45) is 0 Å². The minimum atomic E-state index is -0.444. The van der Waals surface area contributed by atoms with Crippen molar-refractivity contribution in [2.45, 2.75) is 0 Å². The first-order valence-electron chi connectivity index (χ1n) is 5.61. The Hall–Kier alpha value is -2.56. The fourth-order valence-corrected chi connectivity index (χ4v) is 1.72. The molecule has 0 bridgehead atoms. The highest BCUT2D eigenvalue weighted by Gasteiger charge is 2.15. The van der Waals surface area contributed by atoms with Gasteiger partial charge in [0, 0.05) is 11.4 Å². The molecule has 0 aliphatic heterocycles. The molecular weight excluding hydrogens is 247 g/mol. The van der Waals surface area contributed by atoms with Gasteiger partial charge < -0.3 is 15.8 Å². The van der Waals surface area contributed by atoms with Crippen LogP contribution in [-0.2, 0) is 0 Å². The average Bonchev–Trinajstić information content (AvgIpc) is 2.38. The summed E-state index contributed by atoms with van der Waals surface area (Å²) in [5, 5.41) is 2.58. The number of ether oxygens (including phenoxy) is 1. The zero-order valence-electron chi connectivity index (χ0n) is 10.3. The molecule has 2 aromatic carbocycles. The smallest absolute Gasteiger partial charge is 0.261 e. The lowest BCUT2D eigenvalue weighted by molar-refractivity contribution is 0.102. The van der Waals surface area contributed by atoms with Gasteiger partial charge in [0.05, 0.1) is 7.11 Å². The lowest BCUT2D eigenvalue weighted by Gasteiger charge is -2.11. The van der Waals surface area contributed by atoms with Crippen LogP contribution >= 0.6 is 0 Å². The van der Waals surface area contributed by atoms with Crippen LogP contribution in [0.1, 0.15) is 10.4 Å². The maximum atomic E-state index is 13.0. The van der Waals surface area contributed by atoms with Gasteiger partial charge in [-0.15, -0.1) is 0 Å². The standard InChI is InChI=1S/C14H13FN2O2/c1-19-12-7-3-6-11(16)13(12)14(18)17-10-5-2-4-9(15)8-10/h2-8H,16H2,1H3,(H,17,18). The Kier molecular flexibility index (Phi) is 3.66. The van der Waals surface area contributed by atoms with E-state index >= 15 is 0 Å². The van der Waals surface area contributed by atoms with Crippen LogP contribution in [0.5, 0.6) is 5.75 Å². The summed E-state index contributed by atoms with van der Waals surface area (Å²) in [6.45, 7) is 0. The maximum Gasteiger partial charge on any atom is 0.261 e. The molecule has 98 valence electrons. The van der Waals surface area contributed by atoms with Gasteiger partial charge in [0.25, 0.3) is 5.91 Å². The van der Waals surface area contributed by atoms with Crippen LogP contribution in [0, 0.1) is 5.82 Å². The Morgan fingerprint density at radius 1 is 1.26 bits per heavy atom. The third-order valence-electron chi connectivity index (χ3n) is 2.59. The van der Waals surface area contributed by atoms with E-state index in [1.807, 2.05) is 0 Å². The number of methoxy groups -OCH3 is 1. The van der Waals surface area contributed by atoms with Crippen molar-refractivity contribution in [3.8, 4) is 5.75 Å². The van der Waals surface area contributed by atoms with Crippen LogP contribution < -0.4 is 15.8 Å². The van der Waals surface area contributed by atoms with Gasteiger partial charge in [-0.25, -0.2) is 4.39 Å². The average molecular weight is 260 g/mol. The van der Waals surface area contributed by atoms with Crippen molar-refractivity contribution in [3.05, 3.63) is 53.8 Å². The Bertz CT molecular complexity index is 614. The van der Waals surface area contributed by atoms with Gasteiger partial charge in [-0.3, -0.25) is 4.79 Å². The first-order valence-corrected chi connectivity index (χ1v) is 5.61. The number of halogens is 1. The molecule has 0 radical (unpaired) electrons. The zero-order chi connectivity index (χ0) is 13.8. The molecule has 0 heterocycles. The first kappa shape index (κ1) is 12.9. The van der Waals surface area contributed by atoms with E-state index in [1.165, 1.54) is 25.3 Å². The lowest BCUT2D eigenvalue weighted by atomic mass is 10.1. The lowest BCUT2D eigenvalue weighted by Crippen LogP contribution is -2.15. The molecule has 3 N–H and O–H groups in total. The summed E-state index contributed by atoms with van der Waals surface area (Å²) < 4.78 is 18.1. The molecule has 0 aliphatic carbocycles. The van der Waals surface area contributed by atoms with Crippen molar-refractivity contribution >= 4 is 17.3 Å². The quantitative estimate of drug-likeness (QED) is 0.834. The number of amides is 1. The van der Waals surface area contributed by atoms with Crippen molar-refractivity contribution in [1.29, 1.82) is 0 Å². The normalized spacial score (nSPS) is 10.0. The van der Waals surface area contributed by atoms with E-state index < -0.39 is 11.7 Å². The molecule has 0 fully saturated rings. The van der Waals surface area contributed by atoms with Gasteiger partial charge in [0.15, 0.2) is 0 Å². The maximum absolute atomic E-state index is 13.0. The Labute approximate surface area is 110 Å². The molecule has 4 nitrogen and oxygen atoms in total. The van der Waals surface area contributed by atoms with E-state index in [-0.39, 0.29) is 5.56 Å². The second kappa shape index (κ2) is 5.39. The van der Waals surface area contributed by atoms with E-state index in [2.05, 4.69) is 5.32 Å². The Morgan fingerprint density at radius 2 is 2.00 bits per heavy atom. The largest absolute Gasteiger partial charge is 0.496 e. The number of carbonyl (C=O) groups is 1. The number of hydrogen-bond donors (Lipinski definition) is 2. The number of nitrogen functional groups attached to an aromatic ring is 1. The van der Waals surface area contributed by atoms with E-state index in [0.29, 0.717) is 17.1 Å². The van der Waals surface area contributed by atoms with Gasteiger partial charge in [-0.1, -0.05) is 12.1 Å². The van der Waals surface area contributed by atoms with Crippen molar-refractivity contribution in [3.63, 3.8) is 0 Å². The summed E-state index contributed by atoms with van der Waals surface area (Å²) >= 11 is 0. The molecule has 2 aromatic rings. The Morgan fingerprint density at radius 3 is 2.68 bits per heavy atom. The number of rotatable bonds is 3. The van der Waals surface area contributed by atoms with Crippen molar-refractivity contribution in [2.75, 3.05) is 18.2 Å². The van der Waals surface area contributed by atoms with E-state index in [0.717, 1.165) is 0 Å². The Balaban J connectivity index is 2.30. The van der Waals surface area contributed by atoms with Gasteiger partial charge >= 0.3 is 0 Å². The fourth-order valence-electron chi connectivity index (χ4n) is 1.72. The predicted octanol–water partition coefficient (Wildman–Crippen LogP) is 2.67. The highest BCUT2D eigenvalue weighted by Crippen LogP contribution is 2.25. The van der Waals surface area contributed by atoms with Crippen LogP contribution in [0.4, 0.5) is 15.8 Å². The number of nitrogens with two attached hydrogens (primary N) is 1. The fraction of sp³-hybridized carbons (Fsp3) is 0.0714. The van der Waals surface area contributed by atoms with Gasteiger partial charge in [0.1, 0.15) is 17.1 Å². The van der Waals surface area contributed by atoms with Crippen molar-refractivity contribution < 1.29 is 13.9 Å². The molecule has 2 rings (SSSR count). The first-order chi connectivity index (χ1) is 9.11. The molecular formula is C14H13FN2O2. The zero-order valence-corrected chi connectivity index (χ0v) is 10.3. The van der Waals surface area contributed by atoms with Gasteiger partial charge in [-0.2, -0.15) is 0 Å². The third-order valence-corrected chi connectivity index (χ3v) is 2.59. The third kappa shape index (κ3) is 2.82. The number of benzene rings is 2. The van der Waals surface area contributed by atoms with E-state index in [4.69, 9.17) is 10.5 Å². The SMILES string of the molecule is COc1cccc(N)c1C(=O)Nc1cccc(F)c1. The second-order valence-electron chi connectivity index (χ2n) is 3.89. The summed E-state index contributed by atoms with van der Waals surface area (Å²) in [6.07, 6.45) is 0. The highest BCUT2D eigenvalue weighted by atomic mass is 19.1. The molecule has 5 heteroatoms. The molecule has 0 aromatic heterocycles. The summed E-state index contributed by atoms with van der Waals surface area (Å²) in [5.41, 5.74) is 6.65. The van der Waals surface area contributed by atoms with Gasteiger partial charge in [0.2, 0.25) is 0 Å². The summed E-state index contributed by atoms with van der Waals surface area (Å²) in [5.74, 6) is -0.500. The van der Waals surface area contributed by atoms with Gasteiger partial charge in [-0.05, 0) is 30.3 Å². The molecule has 0 aliphatic rings. The second-order valence-corrected chi connectivity index (χ2v) is 3.89. The molecule has 0 saturated heterocycles. The summed E-state index contributed by atoms with van der Waals surface area (Å²) in [7, 11) is 1.45. The number of anilines is 2. The minimum Gasteiger partial charge on any atom is -0.496 e. The highest BCUT2D eigenvalue weighted by molar-refractivity contribution is 6.09. The van der Waals surface area contributed by atoms with Crippen LogP contribution in [0.2, 0.25) is 0 Å². The molecule has 0 spiro atoms. The summed E-state index contributed by atoms with van der Waals surface area (Å²) in [6, 6.07) is 10.5. The van der Waals surface area contributed by atoms with Crippen molar-refractivity contribution in [1.82, 2.24) is 0 Å². The molecule has 1 amide bonds. The van der Waals surface area contributed by atoms with Crippen LogP contribution in [0.15, 0.2) is 42.5 Å².